The molecule has 2 unspecified atom stereocenters. The van der Waals surface area contributed by atoms with Crippen LogP contribution in [0.5, 0.6) is 5.75 Å². The minimum atomic E-state index is -0.515. The SMILES string of the molecule is COc1ccc(C(=O)N2CC(CN)CCC2C)cc1F. The summed E-state index contributed by atoms with van der Waals surface area (Å²) in [4.78, 5) is 14.3. The van der Waals surface area contributed by atoms with E-state index in [2.05, 4.69) is 0 Å². The van der Waals surface area contributed by atoms with E-state index in [1.165, 1.54) is 19.2 Å². The number of halogens is 1. The average Bonchev–Trinajstić information content (AvgIpc) is 2.47. The number of rotatable bonds is 3. The summed E-state index contributed by atoms with van der Waals surface area (Å²) < 4.78 is 18.6. The van der Waals surface area contributed by atoms with Crippen LogP contribution in [0.3, 0.4) is 0 Å². The van der Waals surface area contributed by atoms with Gasteiger partial charge in [-0.1, -0.05) is 0 Å². The van der Waals surface area contributed by atoms with Crippen LogP contribution in [0.15, 0.2) is 18.2 Å². The van der Waals surface area contributed by atoms with Gasteiger partial charge in [-0.2, -0.15) is 0 Å². The third-order valence-corrected chi connectivity index (χ3v) is 3.97. The fourth-order valence-corrected chi connectivity index (χ4v) is 2.62. The number of piperidine rings is 1. The summed E-state index contributed by atoms with van der Waals surface area (Å²) in [7, 11) is 1.40. The van der Waals surface area contributed by atoms with Crippen molar-refractivity contribution in [1.82, 2.24) is 4.90 Å². The molecule has 1 aromatic carbocycles. The minimum absolute atomic E-state index is 0.141. The van der Waals surface area contributed by atoms with Gasteiger partial charge < -0.3 is 15.4 Å². The quantitative estimate of drug-likeness (QED) is 0.921. The van der Waals surface area contributed by atoms with Gasteiger partial charge in [-0.25, -0.2) is 4.39 Å². The normalized spacial score (nSPS) is 22.7. The molecule has 1 saturated heterocycles. The van der Waals surface area contributed by atoms with Crippen LogP contribution in [-0.2, 0) is 0 Å². The summed E-state index contributed by atoms with van der Waals surface area (Å²) in [6, 6.07) is 4.48. The Morgan fingerprint density at radius 1 is 1.50 bits per heavy atom. The van der Waals surface area contributed by atoms with Crippen LogP contribution >= 0.6 is 0 Å². The molecule has 0 bridgehead atoms. The maximum absolute atomic E-state index is 13.7. The Kier molecular flexibility index (Phi) is 4.60. The van der Waals surface area contributed by atoms with Crippen LogP contribution in [0, 0.1) is 11.7 Å². The van der Waals surface area contributed by atoms with Crippen LogP contribution in [0.25, 0.3) is 0 Å². The maximum Gasteiger partial charge on any atom is 0.254 e. The second-order valence-electron chi connectivity index (χ2n) is 5.33. The molecular weight excluding hydrogens is 259 g/mol. The van der Waals surface area contributed by atoms with E-state index in [0.29, 0.717) is 24.6 Å². The zero-order valence-corrected chi connectivity index (χ0v) is 11.9. The van der Waals surface area contributed by atoms with Crippen molar-refractivity contribution in [3.8, 4) is 5.75 Å². The highest BCUT2D eigenvalue weighted by atomic mass is 19.1. The third-order valence-electron chi connectivity index (χ3n) is 3.97. The van der Waals surface area contributed by atoms with Crippen molar-refractivity contribution in [3.63, 3.8) is 0 Å². The van der Waals surface area contributed by atoms with Gasteiger partial charge in [0.1, 0.15) is 0 Å². The van der Waals surface area contributed by atoms with Gasteiger partial charge in [-0.05, 0) is 50.4 Å². The molecule has 1 fully saturated rings. The molecule has 0 spiro atoms. The monoisotopic (exact) mass is 280 g/mol. The molecule has 4 nitrogen and oxygen atoms in total. The van der Waals surface area contributed by atoms with E-state index in [4.69, 9.17) is 10.5 Å². The number of amides is 1. The Labute approximate surface area is 118 Å². The Morgan fingerprint density at radius 2 is 2.25 bits per heavy atom. The molecule has 1 aromatic rings. The summed E-state index contributed by atoms with van der Waals surface area (Å²) in [6.07, 6.45) is 1.98. The molecule has 1 heterocycles. The molecular formula is C15H21FN2O2. The fourth-order valence-electron chi connectivity index (χ4n) is 2.62. The third kappa shape index (κ3) is 2.93. The van der Waals surface area contributed by atoms with Gasteiger partial charge in [0.25, 0.3) is 5.91 Å². The smallest absolute Gasteiger partial charge is 0.254 e. The van der Waals surface area contributed by atoms with Gasteiger partial charge >= 0.3 is 0 Å². The lowest BCUT2D eigenvalue weighted by atomic mass is 9.93. The van der Waals surface area contributed by atoms with E-state index in [1.807, 2.05) is 6.92 Å². The number of carbonyl (C=O) groups excluding carboxylic acids is 1. The number of benzene rings is 1. The molecule has 2 N–H and O–H groups in total. The van der Waals surface area contributed by atoms with E-state index in [-0.39, 0.29) is 17.7 Å². The van der Waals surface area contributed by atoms with Crippen LogP contribution in [0.4, 0.5) is 4.39 Å². The predicted molar refractivity (Wildman–Crippen MR) is 75.2 cm³/mol. The zero-order chi connectivity index (χ0) is 14.7. The summed E-state index contributed by atoms with van der Waals surface area (Å²) in [5, 5.41) is 0. The van der Waals surface area contributed by atoms with Gasteiger partial charge in [0.15, 0.2) is 11.6 Å². The van der Waals surface area contributed by atoms with Crippen molar-refractivity contribution < 1.29 is 13.9 Å². The van der Waals surface area contributed by atoms with Crippen molar-refractivity contribution >= 4 is 5.91 Å². The second-order valence-corrected chi connectivity index (χ2v) is 5.33. The predicted octanol–water partition coefficient (Wildman–Crippen LogP) is 2.03. The molecule has 1 amide bonds. The molecule has 0 saturated carbocycles. The first kappa shape index (κ1) is 14.8. The number of methoxy groups -OCH3 is 1. The topological polar surface area (TPSA) is 55.6 Å². The van der Waals surface area contributed by atoms with E-state index >= 15 is 0 Å². The lowest BCUT2D eigenvalue weighted by Gasteiger charge is -2.37. The van der Waals surface area contributed by atoms with Gasteiger partial charge in [0, 0.05) is 18.2 Å². The van der Waals surface area contributed by atoms with Crippen molar-refractivity contribution in [3.05, 3.63) is 29.6 Å². The van der Waals surface area contributed by atoms with E-state index < -0.39 is 5.82 Å². The number of nitrogens with zero attached hydrogens (tertiary/aromatic N) is 1. The maximum atomic E-state index is 13.7. The molecule has 1 aliphatic heterocycles. The number of carbonyl (C=O) groups is 1. The van der Waals surface area contributed by atoms with E-state index in [0.717, 1.165) is 12.8 Å². The van der Waals surface area contributed by atoms with Crippen molar-refractivity contribution in [2.45, 2.75) is 25.8 Å². The summed E-state index contributed by atoms with van der Waals surface area (Å²) >= 11 is 0. The Balaban J connectivity index is 2.19. The molecule has 20 heavy (non-hydrogen) atoms. The summed E-state index contributed by atoms with van der Waals surface area (Å²) in [5.74, 6) is -0.179. The Hall–Kier alpha value is -1.62. The highest BCUT2D eigenvalue weighted by Gasteiger charge is 2.29. The lowest BCUT2D eigenvalue weighted by molar-refractivity contribution is 0.0566. The molecule has 0 radical (unpaired) electrons. The minimum Gasteiger partial charge on any atom is -0.494 e. The molecule has 0 aromatic heterocycles. The first-order valence-electron chi connectivity index (χ1n) is 6.91. The average molecular weight is 280 g/mol. The number of nitrogens with two attached hydrogens (primary N) is 1. The number of hydrogen-bond acceptors (Lipinski definition) is 3. The van der Waals surface area contributed by atoms with Gasteiger partial charge in [0.2, 0.25) is 0 Å². The Bertz CT molecular complexity index is 493. The highest BCUT2D eigenvalue weighted by Crippen LogP contribution is 2.25. The summed E-state index contributed by atoms with van der Waals surface area (Å²) in [6.45, 7) is 3.24. The van der Waals surface area contributed by atoms with Crippen LogP contribution in [0.2, 0.25) is 0 Å². The number of likely N-dealkylation sites (tertiary alicyclic amines) is 1. The van der Waals surface area contributed by atoms with Gasteiger partial charge in [0.05, 0.1) is 7.11 Å². The molecule has 2 rings (SSSR count). The van der Waals surface area contributed by atoms with Gasteiger partial charge in [-0.15, -0.1) is 0 Å². The first-order valence-corrected chi connectivity index (χ1v) is 6.91. The zero-order valence-electron chi connectivity index (χ0n) is 11.9. The van der Waals surface area contributed by atoms with Gasteiger partial charge in [-0.3, -0.25) is 4.79 Å². The van der Waals surface area contributed by atoms with Crippen molar-refractivity contribution in [2.75, 3.05) is 20.2 Å². The van der Waals surface area contributed by atoms with Crippen molar-refractivity contribution in [1.29, 1.82) is 0 Å². The Morgan fingerprint density at radius 3 is 2.85 bits per heavy atom. The summed E-state index contributed by atoms with van der Waals surface area (Å²) in [5.41, 5.74) is 6.05. The largest absolute Gasteiger partial charge is 0.494 e. The molecule has 2 atom stereocenters. The first-order chi connectivity index (χ1) is 9.56. The van der Waals surface area contributed by atoms with Crippen molar-refractivity contribution in [2.24, 2.45) is 11.7 Å². The molecule has 110 valence electrons. The standard InChI is InChI=1S/C15H21FN2O2/c1-10-3-4-11(8-17)9-18(10)15(19)12-5-6-14(20-2)13(16)7-12/h5-7,10-11H,3-4,8-9,17H2,1-2H3. The number of hydrogen-bond donors (Lipinski definition) is 1. The van der Waals surface area contributed by atoms with Crippen LogP contribution in [0.1, 0.15) is 30.1 Å². The highest BCUT2D eigenvalue weighted by molar-refractivity contribution is 5.94. The van der Waals surface area contributed by atoms with E-state index in [9.17, 15) is 9.18 Å². The van der Waals surface area contributed by atoms with Crippen LogP contribution in [-0.4, -0.2) is 37.0 Å². The molecule has 0 aliphatic carbocycles. The fraction of sp³-hybridized carbons (Fsp3) is 0.533. The molecule has 5 heteroatoms. The van der Waals surface area contributed by atoms with E-state index in [1.54, 1.807) is 11.0 Å². The van der Waals surface area contributed by atoms with Crippen LogP contribution < -0.4 is 10.5 Å². The second kappa shape index (κ2) is 6.22. The molecule has 1 aliphatic rings. The lowest BCUT2D eigenvalue weighted by Crippen LogP contribution is -2.47. The number of ether oxygens (including phenoxy) is 1.